The van der Waals surface area contributed by atoms with E-state index in [-0.39, 0.29) is 5.97 Å². The Morgan fingerprint density at radius 1 is 1.00 bits per heavy atom. The van der Waals surface area contributed by atoms with Gasteiger partial charge in [-0.25, -0.2) is 0 Å². The van der Waals surface area contributed by atoms with Gasteiger partial charge in [-0.2, -0.15) is 0 Å². The summed E-state index contributed by atoms with van der Waals surface area (Å²) < 4.78 is 4.98. The quantitative estimate of drug-likeness (QED) is 0.749. The van der Waals surface area contributed by atoms with Gasteiger partial charge in [0.2, 0.25) is 0 Å². The molecule has 2 rings (SSSR count). The fourth-order valence-electron chi connectivity index (χ4n) is 1.66. The van der Waals surface area contributed by atoms with E-state index in [1.54, 1.807) is 0 Å². The number of carbonyl (C=O) groups is 1. The summed E-state index contributed by atoms with van der Waals surface area (Å²) in [6, 6.07) is 18.1. The van der Waals surface area contributed by atoms with Crippen molar-refractivity contribution >= 4 is 5.97 Å². The molecule has 0 saturated carbocycles. The molecule has 0 N–H and O–H groups in total. The van der Waals surface area contributed by atoms with Crippen LogP contribution in [0.15, 0.2) is 54.6 Å². The van der Waals surface area contributed by atoms with Crippen LogP contribution in [0.4, 0.5) is 0 Å². The second-order valence-electron chi connectivity index (χ2n) is 3.85. The topological polar surface area (TPSA) is 26.3 Å². The Bertz CT molecular complexity index is 503. The van der Waals surface area contributed by atoms with Crippen LogP contribution in [0.25, 0.3) is 11.1 Å². The van der Waals surface area contributed by atoms with Crippen molar-refractivity contribution in [3.05, 3.63) is 60.2 Å². The average Bonchev–Trinajstić information content (AvgIpc) is 2.38. The molecule has 0 aromatic heterocycles. The van der Waals surface area contributed by atoms with Crippen molar-refractivity contribution in [2.24, 2.45) is 0 Å². The van der Waals surface area contributed by atoms with Gasteiger partial charge in [-0.1, -0.05) is 48.5 Å². The lowest BCUT2D eigenvalue weighted by Crippen LogP contribution is -1.98. The van der Waals surface area contributed by atoms with Gasteiger partial charge >= 0.3 is 5.97 Å². The molecule has 0 aliphatic rings. The molecule has 0 bridgehead atoms. The molecule has 0 aliphatic heterocycles. The third-order valence-corrected chi connectivity index (χ3v) is 2.48. The Morgan fingerprint density at radius 2 is 1.71 bits per heavy atom. The molecule has 0 heterocycles. The van der Waals surface area contributed by atoms with Gasteiger partial charge in [0.15, 0.2) is 0 Å². The SMILES string of the molecule is CC(=O)OCc1cccc(-c2ccccc2)c1. The highest BCUT2D eigenvalue weighted by Crippen LogP contribution is 2.20. The average molecular weight is 226 g/mol. The summed E-state index contributed by atoms with van der Waals surface area (Å²) in [5.41, 5.74) is 3.30. The smallest absolute Gasteiger partial charge is 0.302 e. The summed E-state index contributed by atoms with van der Waals surface area (Å²) in [5.74, 6) is -0.255. The molecule has 0 fully saturated rings. The van der Waals surface area contributed by atoms with Gasteiger partial charge in [-0.15, -0.1) is 0 Å². The van der Waals surface area contributed by atoms with Gasteiger partial charge < -0.3 is 4.74 Å². The summed E-state index contributed by atoms with van der Waals surface area (Å²) in [5, 5.41) is 0. The Labute approximate surface area is 101 Å². The number of hydrogen-bond donors (Lipinski definition) is 0. The van der Waals surface area contributed by atoms with Crippen molar-refractivity contribution in [3.63, 3.8) is 0 Å². The predicted octanol–water partition coefficient (Wildman–Crippen LogP) is 3.42. The van der Waals surface area contributed by atoms with Crippen LogP contribution in [0, 0.1) is 0 Å². The number of rotatable bonds is 3. The van der Waals surface area contributed by atoms with E-state index >= 15 is 0 Å². The van der Waals surface area contributed by atoms with Crippen molar-refractivity contribution in [1.29, 1.82) is 0 Å². The first-order valence-corrected chi connectivity index (χ1v) is 5.53. The minimum absolute atomic E-state index is 0.255. The zero-order valence-corrected chi connectivity index (χ0v) is 9.72. The number of esters is 1. The second kappa shape index (κ2) is 5.30. The molecular formula is C15H14O2. The van der Waals surface area contributed by atoms with Gasteiger partial charge in [0.25, 0.3) is 0 Å². The summed E-state index contributed by atoms with van der Waals surface area (Å²) in [6.45, 7) is 1.75. The van der Waals surface area contributed by atoms with E-state index in [1.807, 2.05) is 42.5 Å². The van der Waals surface area contributed by atoms with Crippen molar-refractivity contribution in [2.45, 2.75) is 13.5 Å². The zero-order chi connectivity index (χ0) is 12.1. The van der Waals surface area contributed by atoms with E-state index in [2.05, 4.69) is 12.1 Å². The van der Waals surface area contributed by atoms with Gasteiger partial charge in [-0.05, 0) is 22.8 Å². The first-order valence-electron chi connectivity index (χ1n) is 5.53. The van der Waals surface area contributed by atoms with Gasteiger partial charge in [0.1, 0.15) is 6.61 Å². The number of benzene rings is 2. The molecule has 0 aliphatic carbocycles. The monoisotopic (exact) mass is 226 g/mol. The Morgan fingerprint density at radius 3 is 2.41 bits per heavy atom. The fraction of sp³-hybridized carbons (Fsp3) is 0.133. The minimum atomic E-state index is -0.255. The van der Waals surface area contributed by atoms with E-state index in [0.29, 0.717) is 6.61 Å². The molecule has 0 radical (unpaired) electrons. The fourth-order valence-corrected chi connectivity index (χ4v) is 1.66. The normalized spacial score (nSPS) is 9.94. The predicted molar refractivity (Wildman–Crippen MR) is 67.3 cm³/mol. The van der Waals surface area contributed by atoms with Crippen LogP contribution >= 0.6 is 0 Å². The van der Waals surface area contributed by atoms with Crippen LogP contribution in [0.3, 0.4) is 0 Å². The van der Waals surface area contributed by atoms with Crippen LogP contribution in [0.1, 0.15) is 12.5 Å². The summed E-state index contributed by atoms with van der Waals surface area (Å²) in [6.07, 6.45) is 0. The number of carbonyl (C=O) groups excluding carboxylic acids is 1. The van der Waals surface area contributed by atoms with E-state index in [9.17, 15) is 4.79 Å². The lowest BCUT2D eigenvalue weighted by Gasteiger charge is -2.05. The molecule has 2 aromatic carbocycles. The standard InChI is InChI=1S/C15H14O2/c1-12(16)17-11-13-6-5-9-15(10-13)14-7-3-2-4-8-14/h2-10H,11H2,1H3. The van der Waals surface area contributed by atoms with Crippen molar-refractivity contribution in [1.82, 2.24) is 0 Å². The maximum atomic E-state index is 10.7. The zero-order valence-electron chi connectivity index (χ0n) is 9.72. The Kier molecular flexibility index (Phi) is 3.55. The van der Waals surface area contributed by atoms with E-state index in [1.165, 1.54) is 6.92 Å². The molecule has 0 saturated heterocycles. The van der Waals surface area contributed by atoms with Crippen molar-refractivity contribution < 1.29 is 9.53 Å². The van der Waals surface area contributed by atoms with Gasteiger partial charge in [0.05, 0.1) is 0 Å². The highest BCUT2D eigenvalue weighted by atomic mass is 16.5. The minimum Gasteiger partial charge on any atom is -0.461 e. The van der Waals surface area contributed by atoms with Crippen LogP contribution in [0.5, 0.6) is 0 Å². The molecule has 0 spiro atoms. The third kappa shape index (κ3) is 3.18. The summed E-state index contributed by atoms with van der Waals surface area (Å²) >= 11 is 0. The van der Waals surface area contributed by atoms with E-state index < -0.39 is 0 Å². The van der Waals surface area contributed by atoms with E-state index in [4.69, 9.17) is 4.74 Å². The number of ether oxygens (including phenoxy) is 1. The third-order valence-electron chi connectivity index (χ3n) is 2.48. The highest BCUT2D eigenvalue weighted by Gasteiger charge is 2.00. The summed E-state index contributed by atoms with van der Waals surface area (Å²) in [4.78, 5) is 10.7. The van der Waals surface area contributed by atoms with Crippen LogP contribution in [-0.2, 0) is 16.1 Å². The molecule has 0 amide bonds. The largest absolute Gasteiger partial charge is 0.461 e. The van der Waals surface area contributed by atoms with Gasteiger partial charge in [0, 0.05) is 6.92 Å². The van der Waals surface area contributed by atoms with Crippen LogP contribution < -0.4 is 0 Å². The maximum absolute atomic E-state index is 10.7. The molecule has 86 valence electrons. The van der Waals surface area contributed by atoms with Crippen LogP contribution in [0.2, 0.25) is 0 Å². The first kappa shape index (κ1) is 11.4. The lowest BCUT2D eigenvalue weighted by molar-refractivity contribution is -0.142. The second-order valence-corrected chi connectivity index (χ2v) is 3.85. The first-order chi connectivity index (χ1) is 8.25. The van der Waals surface area contributed by atoms with E-state index in [0.717, 1.165) is 16.7 Å². The highest BCUT2D eigenvalue weighted by molar-refractivity contribution is 5.66. The summed E-state index contributed by atoms with van der Waals surface area (Å²) in [7, 11) is 0. The molecule has 0 unspecified atom stereocenters. The molecular weight excluding hydrogens is 212 g/mol. The number of hydrogen-bond acceptors (Lipinski definition) is 2. The molecule has 2 heteroatoms. The molecule has 2 aromatic rings. The maximum Gasteiger partial charge on any atom is 0.302 e. The molecule has 17 heavy (non-hydrogen) atoms. The van der Waals surface area contributed by atoms with Crippen molar-refractivity contribution in [2.75, 3.05) is 0 Å². The molecule has 0 atom stereocenters. The lowest BCUT2D eigenvalue weighted by atomic mass is 10.0. The Hall–Kier alpha value is -2.09. The van der Waals surface area contributed by atoms with Crippen molar-refractivity contribution in [3.8, 4) is 11.1 Å². The molecule has 2 nitrogen and oxygen atoms in total. The Balaban J connectivity index is 2.20. The van der Waals surface area contributed by atoms with Crippen LogP contribution in [-0.4, -0.2) is 5.97 Å². The van der Waals surface area contributed by atoms with Gasteiger partial charge in [-0.3, -0.25) is 4.79 Å².